The minimum absolute atomic E-state index is 0.0364. The number of carbonyl (C=O) groups is 2. The van der Waals surface area contributed by atoms with Gasteiger partial charge in [-0.2, -0.15) is 0 Å². The van der Waals surface area contributed by atoms with E-state index in [0.717, 1.165) is 6.07 Å². The van der Waals surface area contributed by atoms with Crippen molar-refractivity contribution in [1.29, 1.82) is 0 Å². The van der Waals surface area contributed by atoms with Crippen LogP contribution in [0.5, 0.6) is 5.75 Å². The van der Waals surface area contributed by atoms with E-state index in [2.05, 4.69) is 0 Å². The monoisotopic (exact) mass is 357 g/mol. The maximum absolute atomic E-state index is 14.0. The Morgan fingerprint density at radius 2 is 1.91 bits per heavy atom. The quantitative estimate of drug-likeness (QED) is 0.792. The highest BCUT2D eigenvalue weighted by Gasteiger charge is 2.23. The standard InChI is InChI=1S/C15H10Cl2FNO4/c1-23-7-2-4-10(18)8(6-7)14(20)12-11(19-15(21)22)5-3-9(16)13(12)17/h2-6,19H,1H3,(H,21,22). The Morgan fingerprint density at radius 1 is 1.22 bits per heavy atom. The number of ketones is 1. The van der Waals surface area contributed by atoms with E-state index < -0.39 is 17.7 Å². The molecule has 0 aliphatic heterocycles. The van der Waals surface area contributed by atoms with Gasteiger partial charge in [0.1, 0.15) is 11.6 Å². The molecule has 0 aliphatic carbocycles. The van der Waals surface area contributed by atoms with Crippen LogP contribution in [0.2, 0.25) is 10.0 Å². The molecule has 1 amide bonds. The van der Waals surface area contributed by atoms with Gasteiger partial charge in [0.15, 0.2) is 5.78 Å². The van der Waals surface area contributed by atoms with E-state index in [1.165, 1.54) is 31.4 Å². The minimum Gasteiger partial charge on any atom is -0.497 e. The number of ether oxygens (including phenoxy) is 1. The molecule has 8 heteroatoms. The van der Waals surface area contributed by atoms with E-state index >= 15 is 0 Å². The molecule has 0 saturated carbocycles. The van der Waals surface area contributed by atoms with Gasteiger partial charge in [-0.25, -0.2) is 9.18 Å². The summed E-state index contributed by atoms with van der Waals surface area (Å²) in [4.78, 5) is 23.5. The second kappa shape index (κ2) is 6.85. The van der Waals surface area contributed by atoms with Crippen LogP contribution in [-0.4, -0.2) is 24.1 Å². The van der Waals surface area contributed by atoms with Crippen LogP contribution in [0.15, 0.2) is 30.3 Å². The first kappa shape index (κ1) is 17.1. The lowest BCUT2D eigenvalue weighted by Gasteiger charge is -2.12. The fourth-order valence-corrected chi connectivity index (χ4v) is 2.34. The van der Waals surface area contributed by atoms with E-state index in [1.807, 2.05) is 5.32 Å². The predicted molar refractivity (Wildman–Crippen MR) is 84.5 cm³/mol. The van der Waals surface area contributed by atoms with Gasteiger partial charge in [0.2, 0.25) is 0 Å². The van der Waals surface area contributed by atoms with Crippen molar-refractivity contribution < 1.29 is 23.8 Å². The number of nitrogens with one attached hydrogen (secondary N) is 1. The molecule has 0 fully saturated rings. The third-order valence-corrected chi connectivity index (χ3v) is 3.79. The molecule has 2 aromatic rings. The van der Waals surface area contributed by atoms with Crippen molar-refractivity contribution in [3.8, 4) is 5.75 Å². The average Bonchev–Trinajstić information content (AvgIpc) is 2.50. The Labute approximate surface area is 140 Å². The Balaban J connectivity index is 2.63. The molecule has 23 heavy (non-hydrogen) atoms. The molecular weight excluding hydrogens is 348 g/mol. The van der Waals surface area contributed by atoms with Gasteiger partial charge in [-0.3, -0.25) is 10.1 Å². The Morgan fingerprint density at radius 3 is 2.52 bits per heavy atom. The van der Waals surface area contributed by atoms with Gasteiger partial charge in [0.05, 0.1) is 34.0 Å². The molecule has 0 spiro atoms. The van der Waals surface area contributed by atoms with Gasteiger partial charge in [0.25, 0.3) is 0 Å². The highest BCUT2D eigenvalue weighted by molar-refractivity contribution is 6.45. The molecule has 0 saturated heterocycles. The molecule has 0 heterocycles. The first-order valence-electron chi connectivity index (χ1n) is 6.21. The van der Waals surface area contributed by atoms with Crippen molar-refractivity contribution in [3.05, 3.63) is 57.3 Å². The number of methoxy groups -OCH3 is 1. The van der Waals surface area contributed by atoms with Crippen molar-refractivity contribution in [3.63, 3.8) is 0 Å². The minimum atomic E-state index is -1.40. The second-order valence-electron chi connectivity index (χ2n) is 4.39. The van der Waals surface area contributed by atoms with Crippen molar-refractivity contribution in [2.45, 2.75) is 0 Å². The maximum Gasteiger partial charge on any atom is 0.409 e. The van der Waals surface area contributed by atoms with Gasteiger partial charge in [0, 0.05) is 0 Å². The van der Waals surface area contributed by atoms with Gasteiger partial charge in [-0.05, 0) is 30.3 Å². The van der Waals surface area contributed by atoms with E-state index in [1.54, 1.807) is 0 Å². The third kappa shape index (κ3) is 3.55. The van der Waals surface area contributed by atoms with Gasteiger partial charge < -0.3 is 9.84 Å². The molecule has 5 nitrogen and oxygen atoms in total. The average molecular weight is 358 g/mol. The van der Waals surface area contributed by atoms with Gasteiger partial charge in [-0.1, -0.05) is 23.2 Å². The summed E-state index contributed by atoms with van der Waals surface area (Å²) in [5, 5.41) is 10.7. The molecule has 2 aromatic carbocycles. The summed E-state index contributed by atoms with van der Waals surface area (Å²) < 4.78 is 18.9. The summed E-state index contributed by atoms with van der Waals surface area (Å²) >= 11 is 11.9. The zero-order chi connectivity index (χ0) is 17.1. The maximum atomic E-state index is 14.0. The fraction of sp³-hybridized carbons (Fsp3) is 0.0667. The highest BCUT2D eigenvalue weighted by Crippen LogP contribution is 2.34. The summed E-state index contributed by atoms with van der Waals surface area (Å²) in [7, 11) is 1.37. The zero-order valence-corrected chi connectivity index (χ0v) is 13.2. The number of anilines is 1. The third-order valence-electron chi connectivity index (χ3n) is 2.98. The molecule has 120 valence electrons. The summed E-state index contributed by atoms with van der Waals surface area (Å²) in [6.45, 7) is 0. The number of halogens is 3. The lowest BCUT2D eigenvalue weighted by molar-refractivity contribution is 0.103. The van der Waals surface area contributed by atoms with Crippen molar-refractivity contribution in [2.75, 3.05) is 12.4 Å². The molecule has 0 aromatic heterocycles. The molecule has 0 unspecified atom stereocenters. The number of rotatable bonds is 4. The molecule has 0 atom stereocenters. The highest BCUT2D eigenvalue weighted by atomic mass is 35.5. The van der Waals surface area contributed by atoms with Crippen LogP contribution < -0.4 is 10.1 Å². The number of hydrogen-bond donors (Lipinski definition) is 2. The summed E-state index contributed by atoms with van der Waals surface area (Å²) in [6.07, 6.45) is -1.40. The van der Waals surface area contributed by atoms with E-state index in [0.29, 0.717) is 0 Å². The fourth-order valence-electron chi connectivity index (χ4n) is 1.93. The van der Waals surface area contributed by atoms with Crippen LogP contribution in [0.25, 0.3) is 0 Å². The number of carbonyl (C=O) groups excluding carboxylic acids is 1. The molecular formula is C15H10Cl2FNO4. The lowest BCUT2D eigenvalue weighted by Crippen LogP contribution is -2.14. The first-order valence-corrected chi connectivity index (χ1v) is 6.97. The topological polar surface area (TPSA) is 75.6 Å². The summed E-state index contributed by atoms with van der Waals surface area (Å²) in [5.74, 6) is -1.36. The van der Waals surface area contributed by atoms with Crippen LogP contribution in [0, 0.1) is 5.82 Å². The van der Waals surface area contributed by atoms with Crippen LogP contribution in [0.4, 0.5) is 14.9 Å². The zero-order valence-electron chi connectivity index (χ0n) is 11.7. The molecule has 0 bridgehead atoms. The van der Waals surface area contributed by atoms with Crippen LogP contribution in [0.1, 0.15) is 15.9 Å². The van der Waals surface area contributed by atoms with E-state index in [9.17, 15) is 14.0 Å². The molecule has 0 aliphatic rings. The van der Waals surface area contributed by atoms with E-state index in [-0.39, 0.29) is 32.6 Å². The van der Waals surface area contributed by atoms with Crippen LogP contribution in [-0.2, 0) is 0 Å². The SMILES string of the molecule is COc1ccc(F)c(C(=O)c2c(NC(=O)O)ccc(Cl)c2Cl)c1. The number of carboxylic acid groups (broad SMARTS) is 1. The smallest absolute Gasteiger partial charge is 0.409 e. The summed E-state index contributed by atoms with van der Waals surface area (Å²) in [5.41, 5.74) is -0.658. The lowest BCUT2D eigenvalue weighted by atomic mass is 10.0. The van der Waals surface area contributed by atoms with Crippen LogP contribution in [0.3, 0.4) is 0 Å². The molecule has 2 N–H and O–H groups in total. The van der Waals surface area contributed by atoms with Gasteiger partial charge in [-0.15, -0.1) is 0 Å². The number of benzene rings is 2. The number of hydrogen-bond acceptors (Lipinski definition) is 3. The molecule has 2 rings (SSSR count). The summed E-state index contributed by atoms with van der Waals surface area (Å²) in [6, 6.07) is 6.21. The Kier molecular flexibility index (Phi) is 5.08. The normalized spacial score (nSPS) is 10.3. The van der Waals surface area contributed by atoms with Crippen molar-refractivity contribution >= 4 is 40.8 Å². The molecule has 0 radical (unpaired) electrons. The Bertz CT molecular complexity index is 795. The largest absolute Gasteiger partial charge is 0.497 e. The number of amides is 1. The first-order chi connectivity index (χ1) is 10.8. The van der Waals surface area contributed by atoms with Gasteiger partial charge >= 0.3 is 6.09 Å². The van der Waals surface area contributed by atoms with Crippen LogP contribution >= 0.6 is 23.2 Å². The second-order valence-corrected chi connectivity index (χ2v) is 5.17. The predicted octanol–water partition coefficient (Wildman–Crippen LogP) is 4.46. The Hall–Kier alpha value is -2.31. The van der Waals surface area contributed by atoms with E-state index in [4.69, 9.17) is 33.0 Å². The van der Waals surface area contributed by atoms with Crippen molar-refractivity contribution in [1.82, 2.24) is 0 Å². The van der Waals surface area contributed by atoms with Crippen molar-refractivity contribution in [2.24, 2.45) is 0 Å².